The zero-order valence-electron chi connectivity index (χ0n) is 7.39. The lowest BCUT2D eigenvalue weighted by Crippen LogP contribution is -2.28. The highest BCUT2D eigenvalue weighted by molar-refractivity contribution is 5.12. The topological polar surface area (TPSA) is 19.0 Å². The molecule has 0 spiro atoms. The number of aryl methyl sites for hydroxylation is 2. The summed E-state index contributed by atoms with van der Waals surface area (Å²) < 4.78 is 36.7. The van der Waals surface area contributed by atoms with E-state index in [2.05, 4.69) is 5.43 Å². The fourth-order valence-corrected chi connectivity index (χ4v) is 1.03. The predicted molar refractivity (Wildman–Crippen MR) is 42.4 cm³/mol. The van der Waals surface area contributed by atoms with Crippen molar-refractivity contribution < 1.29 is 13.2 Å². The van der Waals surface area contributed by atoms with Gasteiger partial charge >= 0.3 is 6.18 Å². The van der Waals surface area contributed by atoms with Crippen molar-refractivity contribution in [3.63, 3.8) is 0 Å². The first kappa shape index (κ1) is 9.95. The standard InChI is InChI=1S/C8H10F3N2/c1-6-3-4-7(2)13(6)12-5-8(9,10)11/h3-4H,5H2,1-2H3. The molecule has 0 aromatic carbocycles. The number of hydrogen-bond acceptors (Lipinski definition) is 0. The highest BCUT2D eigenvalue weighted by atomic mass is 19.4. The van der Waals surface area contributed by atoms with E-state index in [1.807, 2.05) is 0 Å². The first-order valence-electron chi connectivity index (χ1n) is 3.79. The van der Waals surface area contributed by atoms with Crippen LogP contribution in [0.3, 0.4) is 0 Å². The lowest BCUT2D eigenvalue weighted by atomic mass is 10.5. The van der Waals surface area contributed by atoms with Gasteiger partial charge in [-0.15, -0.1) is 0 Å². The Balaban J connectivity index is 2.64. The third-order valence-electron chi connectivity index (χ3n) is 1.63. The maximum atomic E-state index is 11.8. The minimum Gasteiger partial charge on any atom is -0.247 e. The Bertz CT molecular complexity index is 269. The molecule has 1 heterocycles. The van der Waals surface area contributed by atoms with Crippen LogP contribution in [0.2, 0.25) is 0 Å². The summed E-state index contributed by atoms with van der Waals surface area (Å²) in [6, 6.07) is 3.46. The van der Waals surface area contributed by atoms with E-state index in [0.29, 0.717) is 11.4 Å². The van der Waals surface area contributed by atoms with Crippen molar-refractivity contribution in [2.45, 2.75) is 20.0 Å². The highest BCUT2D eigenvalue weighted by Crippen LogP contribution is 2.14. The quantitative estimate of drug-likeness (QED) is 0.681. The van der Waals surface area contributed by atoms with Crippen molar-refractivity contribution in [2.75, 3.05) is 6.54 Å². The van der Waals surface area contributed by atoms with Crippen LogP contribution in [0, 0.1) is 13.8 Å². The van der Waals surface area contributed by atoms with Crippen LogP contribution in [0.4, 0.5) is 13.2 Å². The fraction of sp³-hybridized carbons (Fsp3) is 0.500. The van der Waals surface area contributed by atoms with E-state index in [0.717, 1.165) is 0 Å². The summed E-state index contributed by atoms with van der Waals surface area (Å²) in [5.74, 6) is 0. The lowest BCUT2D eigenvalue weighted by Gasteiger charge is -2.10. The summed E-state index contributed by atoms with van der Waals surface area (Å²) in [5, 5.41) is 0. The summed E-state index contributed by atoms with van der Waals surface area (Å²) in [6.07, 6.45) is -4.23. The molecule has 0 fully saturated rings. The molecule has 0 saturated heterocycles. The number of aromatic nitrogens is 1. The number of nitrogens with zero attached hydrogens (tertiary/aromatic N) is 2. The first-order chi connectivity index (χ1) is 5.90. The van der Waals surface area contributed by atoms with Crippen molar-refractivity contribution in [1.29, 1.82) is 0 Å². The molecule has 0 aliphatic carbocycles. The van der Waals surface area contributed by atoms with E-state index in [4.69, 9.17) is 0 Å². The van der Waals surface area contributed by atoms with Gasteiger partial charge in [-0.25, -0.2) is 4.68 Å². The number of hydrogen-bond donors (Lipinski definition) is 0. The molecule has 0 amide bonds. The van der Waals surface area contributed by atoms with Gasteiger partial charge in [-0.3, -0.25) is 0 Å². The molecule has 1 rings (SSSR count). The minimum absolute atomic E-state index is 0.710. The molecule has 1 aromatic rings. The van der Waals surface area contributed by atoms with E-state index in [1.54, 1.807) is 26.0 Å². The van der Waals surface area contributed by atoms with Gasteiger partial charge in [0.25, 0.3) is 0 Å². The number of alkyl halides is 3. The van der Waals surface area contributed by atoms with Crippen LogP contribution in [0.15, 0.2) is 12.1 Å². The molecule has 0 bridgehead atoms. The second kappa shape index (κ2) is 3.32. The Hall–Kier alpha value is -1.13. The maximum absolute atomic E-state index is 11.8. The maximum Gasteiger partial charge on any atom is 0.409 e. The summed E-state index contributed by atoms with van der Waals surface area (Å²) in [5.41, 5.74) is 4.85. The van der Waals surface area contributed by atoms with Gasteiger partial charge in [0.2, 0.25) is 0 Å². The molecular weight excluding hydrogens is 181 g/mol. The molecule has 2 nitrogen and oxygen atoms in total. The Morgan fingerprint density at radius 1 is 1.23 bits per heavy atom. The summed E-state index contributed by atoms with van der Waals surface area (Å²) in [6.45, 7) is 2.29. The summed E-state index contributed by atoms with van der Waals surface area (Å²) in [4.78, 5) is 0. The molecule has 0 aliphatic rings. The van der Waals surface area contributed by atoms with Crippen LogP contribution in [0.25, 0.3) is 0 Å². The van der Waals surface area contributed by atoms with Gasteiger partial charge in [-0.1, -0.05) is 0 Å². The van der Waals surface area contributed by atoms with E-state index >= 15 is 0 Å². The molecular formula is C8H10F3N2. The highest BCUT2D eigenvalue weighted by Gasteiger charge is 2.28. The van der Waals surface area contributed by atoms with Crippen molar-refractivity contribution in [1.82, 2.24) is 10.1 Å². The van der Waals surface area contributed by atoms with Crippen LogP contribution in [0.1, 0.15) is 11.4 Å². The Labute approximate surface area is 74.3 Å². The first-order valence-corrected chi connectivity index (χ1v) is 3.79. The van der Waals surface area contributed by atoms with Gasteiger partial charge in [0.1, 0.15) is 0 Å². The normalized spacial score (nSPS) is 11.8. The van der Waals surface area contributed by atoms with Crippen molar-refractivity contribution in [2.24, 2.45) is 0 Å². The molecule has 1 aromatic heterocycles. The Kier molecular flexibility index (Phi) is 2.54. The van der Waals surface area contributed by atoms with Crippen LogP contribution in [-0.4, -0.2) is 17.4 Å². The average molecular weight is 191 g/mol. The van der Waals surface area contributed by atoms with Gasteiger partial charge in [0, 0.05) is 11.4 Å². The monoisotopic (exact) mass is 191 g/mol. The lowest BCUT2D eigenvalue weighted by molar-refractivity contribution is -0.127. The molecule has 0 atom stereocenters. The van der Waals surface area contributed by atoms with Gasteiger partial charge in [0.15, 0.2) is 6.54 Å². The second-order valence-electron chi connectivity index (χ2n) is 2.84. The van der Waals surface area contributed by atoms with Crippen LogP contribution >= 0.6 is 0 Å². The molecule has 13 heavy (non-hydrogen) atoms. The zero-order chi connectivity index (χ0) is 10.1. The zero-order valence-corrected chi connectivity index (χ0v) is 7.39. The van der Waals surface area contributed by atoms with E-state index < -0.39 is 12.7 Å². The molecule has 5 heteroatoms. The van der Waals surface area contributed by atoms with Gasteiger partial charge in [-0.2, -0.15) is 18.6 Å². The van der Waals surface area contributed by atoms with Crippen molar-refractivity contribution in [3.8, 4) is 0 Å². The van der Waals surface area contributed by atoms with E-state index in [-0.39, 0.29) is 0 Å². The molecule has 1 radical (unpaired) electrons. The average Bonchev–Trinajstić information content (AvgIpc) is 2.27. The number of halogens is 3. The second-order valence-corrected chi connectivity index (χ2v) is 2.84. The third kappa shape index (κ3) is 2.68. The Morgan fingerprint density at radius 3 is 2.08 bits per heavy atom. The van der Waals surface area contributed by atoms with Crippen LogP contribution in [0.5, 0.6) is 0 Å². The van der Waals surface area contributed by atoms with Gasteiger partial charge < -0.3 is 0 Å². The van der Waals surface area contributed by atoms with Crippen molar-refractivity contribution in [3.05, 3.63) is 23.5 Å². The summed E-state index contributed by atoms with van der Waals surface area (Å²) >= 11 is 0. The largest absolute Gasteiger partial charge is 0.409 e. The molecule has 0 aliphatic heterocycles. The van der Waals surface area contributed by atoms with Crippen LogP contribution < -0.4 is 5.43 Å². The minimum atomic E-state index is -4.23. The van der Waals surface area contributed by atoms with Gasteiger partial charge in [0.05, 0.1) is 0 Å². The summed E-state index contributed by atoms with van der Waals surface area (Å²) in [7, 11) is 0. The fourth-order valence-electron chi connectivity index (χ4n) is 1.03. The molecule has 0 N–H and O–H groups in total. The SMILES string of the molecule is Cc1ccc(C)n1[N]CC(F)(F)F. The van der Waals surface area contributed by atoms with Crippen molar-refractivity contribution >= 4 is 0 Å². The van der Waals surface area contributed by atoms with Gasteiger partial charge in [-0.05, 0) is 26.0 Å². The van der Waals surface area contributed by atoms with Crippen LogP contribution in [-0.2, 0) is 0 Å². The molecule has 0 unspecified atom stereocenters. The molecule has 0 saturated carbocycles. The predicted octanol–water partition coefficient (Wildman–Crippen LogP) is 2.03. The smallest absolute Gasteiger partial charge is 0.247 e. The van der Waals surface area contributed by atoms with E-state index in [9.17, 15) is 13.2 Å². The number of rotatable bonds is 2. The van der Waals surface area contributed by atoms with E-state index in [1.165, 1.54) is 4.68 Å². The Morgan fingerprint density at radius 2 is 1.69 bits per heavy atom. The third-order valence-corrected chi connectivity index (χ3v) is 1.63. The molecule has 73 valence electrons.